The van der Waals surface area contributed by atoms with Crippen molar-refractivity contribution in [3.8, 4) is 0 Å². The first-order valence-corrected chi connectivity index (χ1v) is 7.90. The van der Waals surface area contributed by atoms with Crippen molar-refractivity contribution in [1.82, 2.24) is 0 Å². The van der Waals surface area contributed by atoms with Gasteiger partial charge in [-0.25, -0.2) is 4.79 Å². The molecule has 0 aromatic rings. The van der Waals surface area contributed by atoms with E-state index in [1.54, 1.807) is 0 Å². The van der Waals surface area contributed by atoms with Crippen molar-refractivity contribution < 1.29 is 19.1 Å². The van der Waals surface area contributed by atoms with Crippen molar-refractivity contribution in [2.45, 2.75) is 58.7 Å². The van der Waals surface area contributed by atoms with Crippen LogP contribution >= 0.6 is 0 Å². The van der Waals surface area contributed by atoms with Gasteiger partial charge in [0.2, 0.25) is 0 Å². The van der Waals surface area contributed by atoms with Gasteiger partial charge >= 0.3 is 11.9 Å². The second-order valence-electron chi connectivity index (χ2n) is 7.27. The second-order valence-corrected chi connectivity index (χ2v) is 7.27. The summed E-state index contributed by atoms with van der Waals surface area (Å²) in [6.07, 6.45) is 3.84. The minimum Gasteiger partial charge on any atom is -0.462 e. The Hall–Kier alpha value is -1.32. The quantitative estimate of drug-likeness (QED) is 0.551. The number of rotatable bonds is 1. The lowest BCUT2D eigenvalue weighted by Gasteiger charge is -2.53. The first-order valence-electron chi connectivity index (χ1n) is 7.90. The van der Waals surface area contributed by atoms with Crippen molar-refractivity contribution >= 4 is 11.9 Å². The molecular formula is C17H24O4. The predicted molar refractivity (Wildman–Crippen MR) is 77.3 cm³/mol. The van der Waals surface area contributed by atoms with Crippen LogP contribution in [0, 0.1) is 23.2 Å². The zero-order valence-corrected chi connectivity index (χ0v) is 13.1. The third-order valence-corrected chi connectivity index (χ3v) is 6.00. The Morgan fingerprint density at radius 1 is 1.38 bits per heavy atom. The summed E-state index contributed by atoms with van der Waals surface area (Å²) in [6, 6.07) is 0. The number of carbonyl (C=O) groups excluding carboxylic acids is 2. The Morgan fingerprint density at radius 3 is 2.71 bits per heavy atom. The van der Waals surface area contributed by atoms with Gasteiger partial charge in [0, 0.05) is 24.3 Å². The minimum absolute atomic E-state index is 0.0631. The van der Waals surface area contributed by atoms with Crippen molar-refractivity contribution in [3.63, 3.8) is 0 Å². The van der Waals surface area contributed by atoms with Crippen LogP contribution in [0.25, 0.3) is 0 Å². The van der Waals surface area contributed by atoms with Gasteiger partial charge in [-0.1, -0.05) is 20.4 Å². The van der Waals surface area contributed by atoms with Crippen molar-refractivity contribution in [2.75, 3.05) is 0 Å². The van der Waals surface area contributed by atoms with Gasteiger partial charge in [-0.2, -0.15) is 0 Å². The third-order valence-electron chi connectivity index (χ3n) is 6.00. The summed E-state index contributed by atoms with van der Waals surface area (Å²) in [5.74, 6) is 0.137. The Kier molecular flexibility index (Phi) is 3.38. The average molecular weight is 292 g/mol. The lowest BCUT2D eigenvalue weighted by Crippen LogP contribution is -2.53. The van der Waals surface area contributed by atoms with Crippen LogP contribution in [0.4, 0.5) is 0 Å². The van der Waals surface area contributed by atoms with E-state index in [4.69, 9.17) is 9.47 Å². The Labute approximate surface area is 125 Å². The summed E-state index contributed by atoms with van der Waals surface area (Å²) in [4.78, 5) is 23.2. The highest BCUT2D eigenvalue weighted by molar-refractivity contribution is 5.90. The standard InChI is InChI=1S/C17H24O4/c1-9-12-5-7-17(4)8-6-13(20-11(3)18)10(2)14(17)15(12)21-16(9)19/h10,12-15H,1,5-8H2,2-4H3/t10-,12-,13-,14?,15-,17-/m0/s1. The molecule has 0 aromatic carbocycles. The zero-order valence-electron chi connectivity index (χ0n) is 13.1. The molecule has 4 nitrogen and oxygen atoms in total. The highest BCUT2D eigenvalue weighted by atomic mass is 16.6. The molecule has 1 unspecified atom stereocenters. The normalized spacial score (nSPS) is 45.6. The smallest absolute Gasteiger partial charge is 0.334 e. The van der Waals surface area contributed by atoms with Gasteiger partial charge in [0.25, 0.3) is 0 Å². The molecule has 2 aliphatic carbocycles. The van der Waals surface area contributed by atoms with Gasteiger partial charge in [-0.05, 0) is 37.0 Å². The topological polar surface area (TPSA) is 52.6 Å². The lowest BCUT2D eigenvalue weighted by molar-refractivity contribution is -0.173. The van der Waals surface area contributed by atoms with Gasteiger partial charge in [0.05, 0.1) is 0 Å². The number of hydrogen-bond acceptors (Lipinski definition) is 4. The van der Waals surface area contributed by atoms with Crippen LogP contribution in [0.1, 0.15) is 46.5 Å². The molecule has 1 heterocycles. The van der Waals surface area contributed by atoms with Crippen LogP contribution in [0.15, 0.2) is 12.2 Å². The number of esters is 2. The average Bonchev–Trinajstić information content (AvgIpc) is 2.68. The van der Waals surface area contributed by atoms with Crippen molar-refractivity contribution in [1.29, 1.82) is 0 Å². The molecule has 2 saturated carbocycles. The largest absolute Gasteiger partial charge is 0.462 e. The van der Waals surface area contributed by atoms with E-state index in [0.29, 0.717) is 5.57 Å². The molecule has 3 fully saturated rings. The molecule has 1 saturated heterocycles. The van der Waals surface area contributed by atoms with Crippen molar-refractivity contribution in [2.24, 2.45) is 23.2 Å². The van der Waals surface area contributed by atoms with Crippen LogP contribution in [0.2, 0.25) is 0 Å². The van der Waals surface area contributed by atoms with Gasteiger partial charge in [0.1, 0.15) is 12.2 Å². The lowest BCUT2D eigenvalue weighted by atomic mass is 9.53. The van der Waals surface area contributed by atoms with E-state index in [0.717, 1.165) is 25.7 Å². The molecule has 21 heavy (non-hydrogen) atoms. The molecule has 0 bridgehead atoms. The Balaban J connectivity index is 1.89. The number of fused-ring (bicyclic) bond motifs is 3. The van der Waals surface area contributed by atoms with Crippen LogP contribution < -0.4 is 0 Å². The van der Waals surface area contributed by atoms with Crippen LogP contribution in [0.3, 0.4) is 0 Å². The maximum atomic E-state index is 11.9. The van der Waals surface area contributed by atoms with Gasteiger partial charge in [-0.3, -0.25) is 4.79 Å². The maximum absolute atomic E-state index is 11.9. The summed E-state index contributed by atoms with van der Waals surface area (Å²) < 4.78 is 11.2. The maximum Gasteiger partial charge on any atom is 0.334 e. The van der Waals surface area contributed by atoms with E-state index in [9.17, 15) is 9.59 Å². The van der Waals surface area contributed by atoms with Crippen LogP contribution in [0.5, 0.6) is 0 Å². The predicted octanol–water partition coefficient (Wildman–Crippen LogP) is 2.86. The van der Waals surface area contributed by atoms with Gasteiger partial charge in [-0.15, -0.1) is 0 Å². The summed E-state index contributed by atoms with van der Waals surface area (Å²) in [5.41, 5.74) is 0.797. The SMILES string of the molecule is C=C1C(=O)O[C@@H]2C3[C@@H](C)[C@@H](OC(C)=O)CC[C@]3(C)CC[C@@H]12. The molecule has 116 valence electrons. The zero-order chi connectivity index (χ0) is 15.4. The molecule has 0 N–H and O–H groups in total. The Morgan fingerprint density at radius 2 is 2.05 bits per heavy atom. The highest BCUT2D eigenvalue weighted by Gasteiger charge is 2.58. The molecule has 0 amide bonds. The molecule has 0 radical (unpaired) electrons. The molecule has 4 heteroatoms. The number of carbonyl (C=O) groups is 2. The third kappa shape index (κ3) is 2.19. The summed E-state index contributed by atoms with van der Waals surface area (Å²) in [5, 5.41) is 0. The highest BCUT2D eigenvalue weighted by Crippen LogP contribution is 2.57. The first-order chi connectivity index (χ1) is 9.83. The van der Waals surface area contributed by atoms with Crippen LogP contribution in [-0.4, -0.2) is 24.1 Å². The summed E-state index contributed by atoms with van der Waals surface area (Å²) in [7, 11) is 0. The van der Waals surface area contributed by atoms with Crippen molar-refractivity contribution in [3.05, 3.63) is 12.2 Å². The van der Waals surface area contributed by atoms with E-state index >= 15 is 0 Å². The molecule has 0 spiro atoms. The van der Waals surface area contributed by atoms with E-state index in [-0.39, 0.29) is 47.3 Å². The second kappa shape index (κ2) is 4.85. The monoisotopic (exact) mass is 292 g/mol. The molecule has 0 aromatic heterocycles. The van der Waals surface area contributed by atoms with E-state index in [2.05, 4.69) is 20.4 Å². The fourth-order valence-corrected chi connectivity index (χ4v) is 4.91. The van der Waals surface area contributed by atoms with E-state index in [1.807, 2.05) is 0 Å². The number of hydrogen-bond donors (Lipinski definition) is 0. The molecule has 6 atom stereocenters. The fraction of sp³-hybridized carbons (Fsp3) is 0.765. The molecule has 3 aliphatic rings. The fourth-order valence-electron chi connectivity index (χ4n) is 4.91. The van der Waals surface area contributed by atoms with E-state index in [1.165, 1.54) is 6.92 Å². The summed E-state index contributed by atoms with van der Waals surface area (Å²) >= 11 is 0. The van der Waals surface area contributed by atoms with Crippen LogP contribution in [-0.2, 0) is 19.1 Å². The Bertz CT molecular complexity index is 497. The first kappa shape index (κ1) is 14.6. The summed E-state index contributed by atoms with van der Waals surface area (Å²) in [6.45, 7) is 9.80. The van der Waals surface area contributed by atoms with E-state index < -0.39 is 0 Å². The van der Waals surface area contributed by atoms with Gasteiger partial charge in [0.15, 0.2) is 0 Å². The molecular weight excluding hydrogens is 268 g/mol. The van der Waals surface area contributed by atoms with Gasteiger partial charge < -0.3 is 9.47 Å². The minimum atomic E-state index is -0.240. The number of ether oxygens (including phenoxy) is 2. The molecule has 1 aliphatic heterocycles. The molecule has 3 rings (SSSR count).